The van der Waals surface area contributed by atoms with E-state index in [-0.39, 0.29) is 11.3 Å². The Kier molecular flexibility index (Phi) is 4.58. The molecule has 0 unspecified atom stereocenters. The van der Waals surface area contributed by atoms with Crippen molar-refractivity contribution in [2.24, 2.45) is 0 Å². The summed E-state index contributed by atoms with van der Waals surface area (Å²) in [5.74, 6) is -0.583. The first-order valence-corrected chi connectivity index (χ1v) is 6.80. The van der Waals surface area contributed by atoms with E-state index < -0.39 is 11.6 Å². The van der Waals surface area contributed by atoms with Crippen LogP contribution in [0.1, 0.15) is 26.3 Å². The quantitative estimate of drug-likeness (QED) is 0.885. The fourth-order valence-electron chi connectivity index (χ4n) is 1.82. The summed E-state index contributed by atoms with van der Waals surface area (Å²) in [7, 11) is 0. The molecule has 2 aromatic rings. The van der Waals surface area contributed by atoms with Crippen LogP contribution >= 0.6 is 0 Å². The van der Waals surface area contributed by atoms with E-state index in [0.717, 1.165) is 23.8 Å². The van der Waals surface area contributed by atoms with Gasteiger partial charge < -0.3 is 10.1 Å². The second-order valence-electron chi connectivity index (χ2n) is 5.92. The summed E-state index contributed by atoms with van der Waals surface area (Å²) in [4.78, 5) is 0. The highest BCUT2D eigenvalue weighted by molar-refractivity contribution is 5.38. The molecule has 0 fully saturated rings. The lowest BCUT2D eigenvalue weighted by Crippen LogP contribution is -2.35. The standard InChI is InChI=1S/C17H19F2NO/c1-17(2,3)20-11-12-6-4-5-7-16(12)21-15-9-13(18)8-14(19)10-15/h4-10,20H,11H2,1-3H3. The molecule has 0 heterocycles. The number of para-hydroxylation sites is 1. The normalized spacial score (nSPS) is 11.5. The molecule has 112 valence electrons. The van der Waals surface area contributed by atoms with Crippen LogP contribution in [0.15, 0.2) is 42.5 Å². The van der Waals surface area contributed by atoms with Gasteiger partial charge in [-0.25, -0.2) is 8.78 Å². The zero-order valence-electron chi connectivity index (χ0n) is 12.4. The molecule has 0 amide bonds. The Labute approximate surface area is 123 Å². The van der Waals surface area contributed by atoms with Gasteiger partial charge in [0.05, 0.1) is 0 Å². The lowest BCUT2D eigenvalue weighted by Gasteiger charge is -2.21. The molecular formula is C17H19F2NO. The maximum atomic E-state index is 13.2. The molecule has 0 bridgehead atoms. The molecule has 0 aliphatic carbocycles. The summed E-state index contributed by atoms with van der Waals surface area (Å²) in [6, 6.07) is 10.6. The maximum Gasteiger partial charge on any atom is 0.133 e. The van der Waals surface area contributed by atoms with Crippen molar-refractivity contribution >= 4 is 0 Å². The second kappa shape index (κ2) is 6.22. The molecule has 0 atom stereocenters. The van der Waals surface area contributed by atoms with Crippen molar-refractivity contribution < 1.29 is 13.5 Å². The molecule has 4 heteroatoms. The van der Waals surface area contributed by atoms with Crippen LogP contribution in [0.4, 0.5) is 8.78 Å². The van der Waals surface area contributed by atoms with Crippen LogP contribution in [0, 0.1) is 11.6 Å². The highest BCUT2D eigenvalue weighted by Gasteiger charge is 2.11. The van der Waals surface area contributed by atoms with E-state index in [4.69, 9.17) is 4.74 Å². The topological polar surface area (TPSA) is 21.3 Å². The average Bonchev–Trinajstić information content (AvgIpc) is 2.35. The van der Waals surface area contributed by atoms with Gasteiger partial charge in [-0.05, 0) is 26.8 Å². The molecule has 2 nitrogen and oxygen atoms in total. The Morgan fingerprint density at radius 1 is 1.00 bits per heavy atom. The molecule has 21 heavy (non-hydrogen) atoms. The van der Waals surface area contributed by atoms with Crippen molar-refractivity contribution in [2.45, 2.75) is 32.9 Å². The summed E-state index contributed by atoms with van der Waals surface area (Å²) in [5, 5.41) is 3.36. The van der Waals surface area contributed by atoms with E-state index in [1.54, 1.807) is 6.07 Å². The number of hydrogen-bond donors (Lipinski definition) is 1. The average molecular weight is 291 g/mol. The second-order valence-corrected chi connectivity index (χ2v) is 5.92. The Balaban J connectivity index is 2.20. The number of hydrogen-bond acceptors (Lipinski definition) is 2. The van der Waals surface area contributed by atoms with Crippen molar-refractivity contribution in [3.63, 3.8) is 0 Å². The molecule has 0 aliphatic heterocycles. The smallest absolute Gasteiger partial charge is 0.133 e. The third kappa shape index (κ3) is 4.83. The summed E-state index contributed by atoms with van der Waals surface area (Å²) in [6.45, 7) is 6.81. The summed E-state index contributed by atoms with van der Waals surface area (Å²) in [5.41, 5.74) is 0.898. The van der Waals surface area contributed by atoms with Crippen LogP contribution in [-0.2, 0) is 6.54 Å². The Morgan fingerprint density at radius 2 is 1.62 bits per heavy atom. The van der Waals surface area contributed by atoms with Gasteiger partial charge in [0.2, 0.25) is 0 Å². The molecule has 2 rings (SSSR count). The highest BCUT2D eigenvalue weighted by atomic mass is 19.1. The number of nitrogens with one attached hydrogen (secondary N) is 1. The summed E-state index contributed by atoms with van der Waals surface area (Å²) < 4.78 is 32.0. The SMILES string of the molecule is CC(C)(C)NCc1ccccc1Oc1cc(F)cc(F)c1. The zero-order valence-corrected chi connectivity index (χ0v) is 12.4. The minimum atomic E-state index is -0.657. The van der Waals surface area contributed by atoms with Gasteiger partial charge in [-0.1, -0.05) is 18.2 Å². The monoisotopic (exact) mass is 291 g/mol. The predicted molar refractivity (Wildman–Crippen MR) is 79.5 cm³/mol. The largest absolute Gasteiger partial charge is 0.457 e. The first-order chi connectivity index (χ1) is 9.83. The summed E-state index contributed by atoms with van der Waals surface area (Å²) >= 11 is 0. The van der Waals surface area contributed by atoms with Gasteiger partial charge in [0.15, 0.2) is 0 Å². The van der Waals surface area contributed by atoms with Crippen molar-refractivity contribution in [1.29, 1.82) is 0 Å². The third-order valence-electron chi connectivity index (χ3n) is 2.85. The molecule has 1 N–H and O–H groups in total. The molecule has 0 saturated heterocycles. The van der Waals surface area contributed by atoms with Gasteiger partial charge in [0, 0.05) is 35.8 Å². The van der Waals surface area contributed by atoms with Gasteiger partial charge in [0.1, 0.15) is 23.1 Å². The molecular weight excluding hydrogens is 272 g/mol. The first kappa shape index (κ1) is 15.4. The number of benzene rings is 2. The van der Waals surface area contributed by atoms with E-state index in [1.165, 1.54) is 0 Å². The van der Waals surface area contributed by atoms with Crippen LogP contribution in [0.25, 0.3) is 0 Å². The predicted octanol–water partition coefficient (Wildman–Crippen LogP) is 4.65. The number of halogens is 2. The van der Waals surface area contributed by atoms with Crippen molar-refractivity contribution in [3.05, 3.63) is 59.7 Å². The van der Waals surface area contributed by atoms with Gasteiger partial charge in [-0.3, -0.25) is 0 Å². The number of rotatable bonds is 4. The molecule has 0 spiro atoms. The van der Waals surface area contributed by atoms with E-state index in [9.17, 15) is 8.78 Å². The van der Waals surface area contributed by atoms with E-state index in [2.05, 4.69) is 26.1 Å². The van der Waals surface area contributed by atoms with Gasteiger partial charge in [-0.15, -0.1) is 0 Å². The fourth-order valence-corrected chi connectivity index (χ4v) is 1.82. The van der Waals surface area contributed by atoms with Crippen molar-refractivity contribution in [2.75, 3.05) is 0 Å². The Morgan fingerprint density at radius 3 is 2.24 bits per heavy atom. The highest BCUT2D eigenvalue weighted by Crippen LogP contribution is 2.26. The van der Waals surface area contributed by atoms with Crippen molar-refractivity contribution in [3.8, 4) is 11.5 Å². The zero-order chi connectivity index (χ0) is 15.5. The van der Waals surface area contributed by atoms with Crippen LogP contribution in [0.5, 0.6) is 11.5 Å². The van der Waals surface area contributed by atoms with E-state index in [0.29, 0.717) is 12.3 Å². The minimum Gasteiger partial charge on any atom is -0.457 e. The van der Waals surface area contributed by atoms with Gasteiger partial charge in [0.25, 0.3) is 0 Å². The molecule has 2 aromatic carbocycles. The van der Waals surface area contributed by atoms with Crippen LogP contribution in [0.2, 0.25) is 0 Å². The van der Waals surface area contributed by atoms with Crippen molar-refractivity contribution in [1.82, 2.24) is 5.32 Å². The maximum absolute atomic E-state index is 13.2. The first-order valence-electron chi connectivity index (χ1n) is 6.80. The van der Waals surface area contributed by atoms with E-state index >= 15 is 0 Å². The van der Waals surface area contributed by atoms with Gasteiger partial charge in [-0.2, -0.15) is 0 Å². The lowest BCUT2D eigenvalue weighted by molar-refractivity contribution is 0.413. The minimum absolute atomic E-state index is 0.0297. The van der Waals surface area contributed by atoms with Crippen LogP contribution in [-0.4, -0.2) is 5.54 Å². The van der Waals surface area contributed by atoms with Gasteiger partial charge >= 0.3 is 0 Å². The van der Waals surface area contributed by atoms with Crippen LogP contribution < -0.4 is 10.1 Å². The molecule has 0 radical (unpaired) electrons. The van der Waals surface area contributed by atoms with Crippen LogP contribution in [0.3, 0.4) is 0 Å². The van der Waals surface area contributed by atoms with E-state index in [1.807, 2.05) is 18.2 Å². The molecule has 0 aromatic heterocycles. The molecule has 0 aliphatic rings. The third-order valence-corrected chi connectivity index (χ3v) is 2.85. The number of ether oxygens (including phenoxy) is 1. The fraction of sp³-hybridized carbons (Fsp3) is 0.294. The Bertz CT molecular complexity index is 600. The lowest BCUT2D eigenvalue weighted by atomic mass is 10.1. The Hall–Kier alpha value is -1.94. The summed E-state index contributed by atoms with van der Waals surface area (Å²) in [6.07, 6.45) is 0. The molecule has 0 saturated carbocycles.